The lowest BCUT2D eigenvalue weighted by molar-refractivity contribution is -0.133. The van der Waals surface area contributed by atoms with E-state index >= 15 is 0 Å². The second-order valence-corrected chi connectivity index (χ2v) is 5.90. The molecule has 1 atom stereocenters. The van der Waals surface area contributed by atoms with Crippen LogP contribution in [0.4, 0.5) is 0 Å². The number of ether oxygens (including phenoxy) is 1. The molecule has 3 rings (SSSR count). The van der Waals surface area contributed by atoms with Gasteiger partial charge < -0.3 is 14.7 Å². The van der Waals surface area contributed by atoms with Crippen LogP contribution in [0, 0.1) is 0 Å². The Morgan fingerprint density at radius 2 is 1.96 bits per heavy atom. The summed E-state index contributed by atoms with van der Waals surface area (Å²) >= 11 is 0. The number of aliphatic carboxylic acids is 1. The fourth-order valence-electron chi connectivity index (χ4n) is 3.20. The van der Waals surface area contributed by atoms with Crippen LogP contribution in [0.2, 0.25) is 0 Å². The molecule has 1 aliphatic carbocycles. The Hall–Kier alpha value is -2.82. The Bertz CT molecular complexity index is 771. The summed E-state index contributed by atoms with van der Waals surface area (Å²) in [6.45, 7) is 1.88. The highest BCUT2D eigenvalue weighted by molar-refractivity contribution is 5.98. The first kappa shape index (κ1) is 16.1. The van der Waals surface area contributed by atoms with Crippen molar-refractivity contribution in [3.05, 3.63) is 64.9 Å². The minimum atomic E-state index is -0.908. The van der Waals surface area contributed by atoms with Crippen LogP contribution >= 0.6 is 0 Å². The number of carbonyl (C=O) groups is 2. The zero-order valence-electron chi connectivity index (χ0n) is 13.7. The molecule has 24 heavy (non-hydrogen) atoms. The summed E-state index contributed by atoms with van der Waals surface area (Å²) in [6, 6.07) is 6.73. The van der Waals surface area contributed by atoms with Crippen molar-refractivity contribution in [3.63, 3.8) is 0 Å². The number of rotatable bonds is 3. The normalized spacial score (nSPS) is 19.7. The first-order valence-electron chi connectivity index (χ1n) is 7.83. The van der Waals surface area contributed by atoms with Gasteiger partial charge in [0.2, 0.25) is 0 Å². The van der Waals surface area contributed by atoms with Crippen LogP contribution in [0.5, 0.6) is 5.75 Å². The number of nitrogens with zero attached hydrogens (tertiary/aromatic N) is 1. The predicted octanol–water partition coefficient (Wildman–Crippen LogP) is 3.15. The third-order valence-electron chi connectivity index (χ3n) is 4.40. The molecule has 1 amide bonds. The Morgan fingerprint density at radius 3 is 2.58 bits per heavy atom. The maximum absolute atomic E-state index is 13.0. The molecule has 2 aliphatic rings. The van der Waals surface area contributed by atoms with Gasteiger partial charge in [-0.3, -0.25) is 4.79 Å². The lowest BCUT2D eigenvalue weighted by Gasteiger charge is -2.38. The van der Waals surface area contributed by atoms with E-state index < -0.39 is 5.97 Å². The summed E-state index contributed by atoms with van der Waals surface area (Å²) < 4.78 is 5.12. The molecule has 0 saturated heterocycles. The van der Waals surface area contributed by atoms with E-state index in [0.29, 0.717) is 35.4 Å². The van der Waals surface area contributed by atoms with Gasteiger partial charge in [0, 0.05) is 29.3 Å². The minimum absolute atomic E-state index is 0.131. The van der Waals surface area contributed by atoms with Crippen LogP contribution < -0.4 is 4.74 Å². The molecule has 5 nitrogen and oxygen atoms in total. The average Bonchev–Trinajstić information content (AvgIpc) is 2.60. The summed E-state index contributed by atoms with van der Waals surface area (Å²) in [5, 5.41) is 9.47. The van der Waals surface area contributed by atoms with Crippen molar-refractivity contribution < 1.29 is 19.4 Å². The number of amides is 1. The molecule has 0 fully saturated rings. The van der Waals surface area contributed by atoms with Crippen LogP contribution in [-0.4, -0.2) is 35.0 Å². The lowest BCUT2D eigenvalue weighted by Crippen LogP contribution is -2.43. The van der Waals surface area contributed by atoms with E-state index in [4.69, 9.17) is 4.74 Å². The van der Waals surface area contributed by atoms with Gasteiger partial charge >= 0.3 is 5.97 Å². The number of carboxylic acid groups (broad SMARTS) is 1. The molecule has 0 bridgehead atoms. The van der Waals surface area contributed by atoms with E-state index in [2.05, 4.69) is 0 Å². The van der Waals surface area contributed by atoms with Gasteiger partial charge in [0.1, 0.15) is 5.75 Å². The number of hydrogen-bond donors (Lipinski definition) is 1. The first-order valence-corrected chi connectivity index (χ1v) is 7.83. The zero-order chi connectivity index (χ0) is 17.3. The standard InChI is InChI=1S/C19H19NO4/c1-12-11-16(19(22)23)15-5-3-4-6-17(15)20(12)18(21)13-7-9-14(24-2)10-8-13/h3-4,6-10,12H,5,11H2,1-2H3,(H,22,23). The number of carbonyl (C=O) groups excluding carboxylic acids is 1. The Kier molecular flexibility index (Phi) is 4.25. The molecule has 0 spiro atoms. The van der Waals surface area contributed by atoms with E-state index in [1.165, 1.54) is 0 Å². The van der Waals surface area contributed by atoms with E-state index in [9.17, 15) is 14.7 Å². The molecule has 0 radical (unpaired) electrons. The summed E-state index contributed by atoms with van der Waals surface area (Å²) in [4.78, 5) is 26.2. The highest BCUT2D eigenvalue weighted by atomic mass is 16.5. The number of benzene rings is 1. The predicted molar refractivity (Wildman–Crippen MR) is 89.7 cm³/mol. The van der Waals surface area contributed by atoms with Crippen molar-refractivity contribution in [1.29, 1.82) is 0 Å². The molecule has 1 unspecified atom stereocenters. The van der Waals surface area contributed by atoms with Crippen LogP contribution in [0.1, 0.15) is 30.1 Å². The van der Waals surface area contributed by atoms with Gasteiger partial charge in [-0.05, 0) is 49.3 Å². The van der Waals surface area contributed by atoms with E-state index in [1.807, 2.05) is 25.2 Å². The van der Waals surface area contributed by atoms with Gasteiger partial charge in [0.05, 0.1) is 7.11 Å². The number of methoxy groups -OCH3 is 1. The topological polar surface area (TPSA) is 66.8 Å². The van der Waals surface area contributed by atoms with Gasteiger partial charge in [-0.1, -0.05) is 12.2 Å². The molecular weight excluding hydrogens is 306 g/mol. The molecule has 1 aromatic rings. The molecule has 1 heterocycles. The summed E-state index contributed by atoms with van der Waals surface area (Å²) in [5.41, 5.74) is 2.37. The second-order valence-electron chi connectivity index (χ2n) is 5.90. The molecule has 5 heteroatoms. The second kappa shape index (κ2) is 6.35. The third kappa shape index (κ3) is 2.73. The third-order valence-corrected chi connectivity index (χ3v) is 4.40. The zero-order valence-corrected chi connectivity index (χ0v) is 13.7. The number of allylic oxidation sites excluding steroid dienone is 4. The Labute approximate surface area is 140 Å². The van der Waals surface area contributed by atoms with Crippen LogP contribution in [0.15, 0.2) is 59.3 Å². The van der Waals surface area contributed by atoms with Crippen LogP contribution in [0.3, 0.4) is 0 Å². The quantitative estimate of drug-likeness (QED) is 0.927. The SMILES string of the molecule is COc1ccc(C(=O)N2C3=CC=CCC3=C(C(=O)O)CC2C)cc1. The molecule has 124 valence electrons. The smallest absolute Gasteiger partial charge is 0.332 e. The monoisotopic (exact) mass is 325 g/mol. The molecular formula is C19H19NO4. The van der Waals surface area contributed by atoms with E-state index in [0.717, 1.165) is 5.57 Å². The van der Waals surface area contributed by atoms with Crippen LogP contribution in [-0.2, 0) is 4.79 Å². The Balaban J connectivity index is 2.00. The van der Waals surface area contributed by atoms with Gasteiger partial charge in [-0.15, -0.1) is 0 Å². The highest BCUT2D eigenvalue weighted by Crippen LogP contribution is 2.36. The van der Waals surface area contributed by atoms with Gasteiger partial charge in [-0.2, -0.15) is 0 Å². The highest BCUT2D eigenvalue weighted by Gasteiger charge is 2.35. The number of fused-ring (bicyclic) bond motifs is 1. The fourth-order valence-corrected chi connectivity index (χ4v) is 3.20. The van der Waals surface area contributed by atoms with Crippen molar-refractivity contribution in [3.8, 4) is 5.75 Å². The van der Waals surface area contributed by atoms with E-state index in [-0.39, 0.29) is 11.9 Å². The van der Waals surface area contributed by atoms with E-state index in [1.54, 1.807) is 36.3 Å². The van der Waals surface area contributed by atoms with Gasteiger partial charge in [0.15, 0.2) is 0 Å². The lowest BCUT2D eigenvalue weighted by atomic mass is 9.87. The van der Waals surface area contributed by atoms with Gasteiger partial charge in [-0.25, -0.2) is 4.79 Å². The van der Waals surface area contributed by atoms with Crippen molar-refractivity contribution in [2.45, 2.75) is 25.8 Å². The molecule has 0 saturated carbocycles. The Morgan fingerprint density at radius 1 is 1.25 bits per heavy atom. The maximum Gasteiger partial charge on any atom is 0.332 e. The fraction of sp³-hybridized carbons (Fsp3) is 0.263. The van der Waals surface area contributed by atoms with Crippen LogP contribution in [0.25, 0.3) is 0 Å². The van der Waals surface area contributed by atoms with Crippen molar-refractivity contribution in [1.82, 2.24) is 4.90 Å². The number of carboxylic acids is 1. The largest absolute Gasteiger partial charge is 0.497 e. The van der Waals surface area contributed by atoms with Crippen molar-refractivity contribution in [2.75, 3.05) is 7.11 Å². The maximum atomic E-state index is 13.0. The average molecular weight is 325 g/mol. The summed E-state index contributed by atoms with van der Waals surface area (Å²) in [6.07, 6.45) is 6.47. The first-order chi connectivity index (χ1) is 11.5. The van der Waals surface area contributed by atoms with Crippen molar-refractivity contribution >= 4 is 11.9 Å². The van der Waals surface area contributed by atoms with Crippen molar-refractivity contribution in [2.24, 2.45) is 0 Å². The minimum Gasteiger partial charge on any atom is -0.497 e. The number of hydrogen-bond acceptors (Lipinski definition) is 3. The molecule has 1 aromatic carbocycles. The molecule has 1 aliphatic heterocycles. The van der Waals surface area contributed by atoms with Gasteiger partial charge in [0.25, 0.3) is 5.91 Å². The molecule has 1 N–H and O–H groups in total. The summed E-state index contributed by atoms with van der Waals surface area (Å²) in [5.74, 6) is -0.352. The molecule has 0 aromatic heterocycles. The summed E-state index contributed by atoms with van der Waals surface area (Å²) in [7, 11) is 1.58.